The summed E-state index contributed by atoms with van der Waals surface area (Å²) < 4.78 is 12.8. The van der Waals surface area contributed by atoms with Crippen molar-refractivity contribution in [3.05, 3.63) is 35.1 Å². The molecule has 0 N–H and O–H groups in total. The zero-order chi connectivity index (χ0) is 11.3. The van der Waals surface area contributed by atoms with Gasteiger partial charge in [-0.2, -0.15) is 0 Å². The predicted octanol–water partition coefficient (Wildman–Crippen LogP) is 3.44. The smallest absolute Gasteiger partial charge is 0.137 e. The van der Waals surface area contributed by atoms with Crippen molar-refractivity contribution in [2.45, 2.75) is 39.5 Å². The molecule has 0 aromatic heterocycles. The SMILES string of the molecule is CCCCC(=O)Cc1ccc(F)cc1C. The van der Waals surface area contributed by atoms with Crippen LogP contribution in [0, 0.1) is 12.7 Å². The third-order valence-electron chi connectivity index (χ3n) is 2.50. The van der Waals surface area contributed by atoms with Crippen LogP contribution < -0.4 is 0 Å². The first-order chi connectivity index (χ1) is 7.13. The minimum Gasteiger partial charge on any atom is -0.299 e. The van der Waals surface area contributed by atoms with Crippen LogP contribution in [0.1, 0.15) is 37.3 Å². The number of unbranched alkanes of at least 4 members (excludes halogenated alkanes) is 1. The van der Waals surface area contributed by atoms with E-state index in [0.717, 1.165) is 24.0 Å². The second-order valence-corrected chi connectivity index (χ2v) is 3.89. The zero-order valence-corrected chi connectivity index (χ0v) is 9.35. The predicted molar refractivity (Wildman–Crippen MR) is 59.4 cm³/mol. The van der Waals surface area contributed by atoms with Gasteiger partial charge in [0, 0.05) is 12.8 Å². The minimum absolute atomic E-state index is 0.239. The molecule has 0 bridgehead atoms. The molecule has 1 aromatic rings. The van der Waals surface area contributed by atoms with E-state index in [1.807, 2.05) is 6.92 Å². The Hall–Kier alpha value is -1.18. The number of hydrogen-bond donors (Lipinski definition) is 0. The summed E-state index contributed by atoms with van der Waals surface area (Å²) in [5.41, 5.74) is 1.80. The van der Waals surface area contributed by atoms with Gasteiger partial charge in [-0.1, -0.05) is 19.4 Å². The molecule has 0 saturated heterocycles. The van der Waals surface area contributed by atoms with Gasteiger partial charge < -0.3 is 0 Å². The van der Waals surface area contributed by atoms with Crippen molar-refractivity contribution in [2.24, 2.45) is 0 Å². The highest BCUT2D eigenvalue weighted by Gasteiger charge is 2.06. The zero-order valence-electron chi connectivity index (χ0n) is 9.35. The van der Waals surface area contributed by atoms with Crippen LogP contribution in [-0.4, -0.2) is 5.78 Å². The lowest BCUT2D eigenvalue weighted by atomic mass is 10.0. The van der Waals surface area contributed by atoms with E-state index in [1.54, 1.807) is 6.07 Å². The fourth-order valence-electron chi connectivity index (χ4n) is 1.53. The van der Waals surface area contributed by atoms with Crippen LogP contribution >= 0.6 is 0 Å². The van der Waals surface area contributed by atoms with E-state index in [9.17, 15) is 9.18 Å². The number of halogens is 1. The van der Waals surface area contributed by atoms with E-state index in [-0.39, 0.29) is 11.6 Å². The number of aryl methyl sites for hydroxylation is 1. The number of rotatable bonds is 5. The second-order valence-electron chi connectivity index (χ2n) is 3.89. The summed E-state index contributed by atoms with van der Waals surface area (Å²) in [6, 6.07) is 4.59. The van der Waals surface area contributed by atoms with Crippen LogP contribution in [0.25, 0.3) is 0 Å². The first-order valence-electron chi connectivity index (χ1n) is 5.40. The molecule has 0 aliphatic carbocycles. The third-order valence-corrected chi connectivity index (χ3v) is 2.50. The number of Topliss-reactive ketones (excluding diaryl/α,β-unsaturated/α-hetero) is 1. The van der Waals surface area contributed by atoms with E-state index in [0.29, 0.717) is 12.8 Å². The second kappa shape index (κ2) is 5.64. The lowest BCUT2D eigenvalue weighted by molar-refractivity contribution is -0.118. The van der Waals surface area contributed by atoms with Crippen LogP contribution in [0.15, 0.2) is 18.2 Å². The summed E-state index contributed by atoms with van der Waals surface area (Å²) in [5, 5.41) is 0. The molecule has 0 spiro atoms. The molecule has 0 heterocycles. The van der Waals surface area contributed by atoms with Crippen molar-refractivity contribution in [3.63, 3.8) is 0 Å². The van der Waals surface area contributed by atoms with Crippen molar-refractivity contribution in [1.82, 2.24) is 0 Å². The summed E-state index contributed by atoms with van der Waals surface area (Å²) in [6.07, 6.45) is 3.05. The monoisotopic (exact) mass is 208 g/mol. The van der Waals surface area contributed by atoms with Gasteiger partial charge in [0.05, 0.1) is 0 Å². The van der Waals surface area contributed by atoms with Crippen LogP contribution in [0.3, 0.4) is 0 Å². The van der Waals surface area contributed by atoms with Crippen molar-refractivity contribution < 1.29 is 9.18 Å². The van der Waals surface area contributed by atoms with E-state index in [4.69, 9.17) is 0 Å². The summed E-state index contributed by atoms with van der Waals surface area (Å²) in [4.78, 5) is 11.5. The first-order valence-corrected chi connectivity index (χ1v) is 5.40. The van der Waals surface area contributed by atoms with E-state index < -0.39 is 0 Å². The van der Waals surface area contributed by atoms with Gasteiger partial charge in [-0.25, -0.2) is 4.39 Å². The molecule has 0 amide bonds. The van der Waals surface area contributed by atoms with Gasteiger partial charge in [-0.3, -0.25) is 4.79 Å². The van der Waals surface area contributed by atoms with Gasteiger partial charge in [0.25, 0.3) is 0 Å². The Balaban J connectivity index is 2.60. The maximum absolute atomic E-state index is 12.8. The summed E-state index contributed by atoms with van der Waals surface area (Å²) in [5.74, 6) is 0.00353. The normalized spacial score (nSPS) is 10.3. The van der Waals surface area contributed by atoms with Crippen LogP contribution in [-0.2, 0) is 11.2 Å². The Bertz CT molecular complexity index is 344. The highest BCUT2D eigenvalue weighted by atomic mass is 19.1. The summed E-state index contributed by atoms with van der Waals surface area (Å²) >= 11 is 0. The maximum Gasteiger partial charge on any atom is 0.137 e. The average molecular weight is 208 g/mol. The highest BCUT2D eigenvalue weighted by Crippen LogP contribution is 2.12. The lowest BCUT2D eigenvalue weighted by Gasteiger charge is -2.04. The van der Waals surface area contributed by atoms with Crippen LogP contribution in [0.4, 0.5) is 4.39 Å². The molecule has 0 unspecified atom stereocenters. The Kier molecular flexibility index (Phi) is 4.47. The fourth-order valence-corrected chi connectivity index (χ4v) is 1.53. The molecule has 2 heteroatoms. The quantitative estimate of drug-likeness (QED) is 0.724. The van der Waals surface area contributed by atoms with Gasteiger partial charge >= 0.3 is 0 Å². The molecule has 0 atom stereocenters. The van der Waals surface area contributed by atoms with Gasteiger partial charge in [0.2, 0.25) is 0 Å². The molecule has 82 valence electrons. The Morgan fingerprint density at radius 1 is 1.40 bits per heavy atom. The Morgan fingerprint density at radius 3 is 2.73 bits per heavy atom. The minimum atomic E-state index is -0.239. The highest BCUT2D eigenvalue weighted by molar-refractivity contribution is 5.81. The Labute approximate surface area is 90.3 Å². The van der Waals surface area contributed by atoms with Gasteiger partial charge in [0.1, 0.15) is 11.6 Å². The fraction of sp³-hybridized carbons (Fsp3) is 0.462. The largest absolute Gasteiger partial charge is 0.299 e. The van der Waals surface area contributed by atoms with Gasteiger partial charge in [0.15, 0.2) is 0 Å². The average Bonchev–Trinajstić information content (AvgIpc) is 2.19. The molecule has 0 aliphatic rings. The molecule has 1 rings (SSSR count). The third kappa shape index (κ3) is 3.82. The standard InChI is InChI=1S/C13H17FO/c1-3-4-5-13(15)9-11-6-7-12(14)8-10(11)2/h6-8H,3-5,9H2,1-2H3. The van der Waals surface area contributed by atoms with Crippen LogP contribution in [0.5, 0.6) is 0 Å². The molecule has 0 saturated carbocycles. The van der Waals surface area contributed by atoms with E-state index >= 15 is 0 Å². The number of hydrogen-bond acceptors (Lipinski definition) is 1. The van der Waals surface area contributed by atoms with E-state index in [1.165, 1.54) is 12.1 Å². The summed E-state index contributed by atoms with van der Waals surface area (Å²) in [6.45, 7) is 3.90. The van der Waals surface area contributed by atoms with Crippen molar-refractivity contribution in [2.75, 3.05) is 0 Å². The molecule has 1 nitrogen and oxygen atoms in total. The number of benzene rings is 1. The van der Waals surface area contributed by atoms with Crippen LogP contribution in [0.2, 0.25) is 0 Å². The number of carbonyl (C=O) groups is 1. The lowest BCUT2D eigenvalue weighted by Crippen LogP contribution is -2.04. The molecular weight excluding hydrogens is 191 g/mol. The van der Waals surface area contributed by atoms with Gasteiger partial charge in [-0.15, -0.1) is 0 Å². The maximum atomic E-state index is 12.8. The molecule has 15 heavy (non-hydrogen) atoms. The van der Waals surface area contributed by atoms with Crippen molar-refractivity contribution in [1.29, 1.82) is 0 Å². The topological polar surface area (TPSA) is 17.1 Å². The molecule has 0 aliphatic heterocycles. The molecule has 1 aromatic carbocycles. The molecule has 0 radical (unpaired) electrons. The van der Waals surface area contributed by atoms with Crippen molar-refractivity contribution >= 4 is 5.78 Å². The summed E-state index contributed by atoms with van der Waals surface area (Å²) in [7, 11) is 0. The van der Waals surface area contributed by atoms with Gasteiger partial charge in [-0.05, 0) is 36.6 Å². The van der Waals surface area contributed by atoms with Crippen molar-refractivity contribution in [3.8, 4) is 0 Å². The Morgan fingerprint density at radius 2 is 2.13 bits per heavy atom. The first kappa shape index (κ1) is 11.9. The van der Waals surface area contributed by atoms with E-state index in [2.05, 4.69) is 6.92 Å². The molecular formula is C13H17FO. The number of carbonyl (C=O) groups excluding carboxylic acids is 1. The molecule has 0 fully saturated rings. The number of ketones is 1.